The van der Waals surface area contributed by atoms with Crippen LogP contribution in [0.5, 0.6) is 0 Å². The fraction of sp³-hybridized carbons (Fsp3) is 0.923. The monoisotopic (exact) mass is 256 g/mol. The fourth-order valence-electron chi connectivity index (χ4n) is 2.97. The van der Waals surface area contributed by atoms with Crippen LogP contribution in [0.15, 0.2) is 0 Å². The van der Waals surface area contributed by atoms with E-state index in [0.717, 1.165) is 19.4 Å². The standard InChI is InChI=1S/C13H24N2O3/c1-10-6-15(7-11(2)18-10)13(17)8-14-5-3-4-12(14)9-16/h10-12,16H,3-9H2,1-2H3/t10?,11?,12-/m0/s1. The van der Waals surface area contributed by atoms with E-state index in [1.807, 2.05) is 18.7 Å². The Morgan fingerprint density at radius 1 is 1.33 bits per heavy atom. The molecule has 18 heavy (non-hydrogen) atoms. The zero-order valence-electron chi connectivity index (χ0n) is 11.3. The van der Waals surface area contributed by atoms with Gasteiger partial charge in [0.1, 0.15) is 0 Å². The van der Waals surface area contributed by atoms with Crippen molar-refractivity contribution in [3.8, 4) is 0 Å². The minimum Gasteiger partial charge on any atom is -0.395 e. The number of ether oxygens (including phenoxy) is 1. The summed E-state index contributed by atoms with van der Waals surface area (Å²) in [5.41, 5.74) is 0. The van der Waals surface area contributed by atoms with Gasteiger partial charge in [-0.15, -0.1) is 0 Å². The Kier molecular flexibility index (Phi) is 4.59. The van der Waals surface area contributed by atoms with Crippen LogP contribution in [0, 0.1) is 0 Å². The number of likely N-dealkylation sites (tertiary alicyclic amines) is 1. The SMILES string of the molecule is CC1CN(C(=O)CN2CCC[C@H]2CO)CC(C)O1. The first-order chi connectivity index (χ1) is 8.60. The predicted octanol–water partition coefficient (Wildman–Crippen LogP) is 0.0789. The third-order valence-corrected chi connectivity index (χ3v) is 3.82. The summed E-state index contributed by atoms with van der Waals surface area (Å²) in [6, 6.07) is 0.171. The highest BCUT2D eigenvalue weighted by Gasteiger charge is 2.30. The zero-order valence-corrected chi connectivity index (χ0v) is 11.3. The maximum absolute atomic E-state index is 12.3. The van der Waals surface area contributed by atoms with Crippen molar-refractivity contribution in [1.82, 2.24) is 9.80 Å². The second-order valence-electron chi connectivity index (χ2n) is 5.51. The average Bonchev–Trinajstić information content (AvgIpc) is 2.75. The van der Waals surface area contributed by atoms with Gasteiger partial charge in [0, 0.05) is 19.1 Å². The summed E-state index contributed by atoms with van der Waals surface area (Å²) in [6.07, 6.45) is 2.31. The van der Waals surface area contributed by atoms with E-state index in [4.69, 9.17) is 4.74 Å². The van der Waals surface area contributed by atoms with Crippen molar-refractivity contribution in [3.05, 3.63) is 0 Å². The van der Waals surface area contributed by atoms with E-state index in [1.54, 1.807) is 0 Å². The number of carbonyl (C=O) groups excluding carboxylic acids is 1. The largest absolute Gasteiger partial charge is 0.395 e. The van der Waals surface area contributed by atoms with Gasteiger partial charge in [-0.2, -0.15) is 0 Å². The van der Waals surface area contributed by atoms with Crippen LogP contribution >= 0.6 is 0 Å². The number of hydrogen-bond donors (Lipinski definition) is 1. The maximum Gasteiger partial charge on any atom is 0.236 e. The highest BCUT2D eigenvalue weighted by Crippen LogP contribution is 2.17. The van der Waals surface area contributed by atoms with E-state index >= 15 is 0 Å². The molecular weight excluding hydrogens is 232 g/mol. The van der Waals surface area contributed by atoms with Gasteiger partial charge in [0.05, 0.1) is 25.4 Å². The molecule has 3 atom stereocenters. The Balaban J connectivity index is 1.87. The van der Waals surface area contributed by atoms with E-state index in [1.165, 1.54) is 0 Å². The lowest BCUT2D eigenvalue weighted by Crippen LogP contribution is -2.51. The molecule has 0 aromatic carbocycles. The van der Waals surface area contributed by atoms with Gasteiger partial charge in [-0.1, -0.05) is 0 Å². The van der Waals surface area contributed by atoms with Crippen LogP contribution in [0.4, 0.5) is 0 Å². The second kappa shape index (κ2) is 5.99. The van der Waals surface area contributed by atoms with Crippen molar-refractivity contribution in [2.75, 3.05) is 32.8 Å². The molecule has 2 aliphatic rings. The number of morpholine rings is 1. The molecule has 0 saturated carbocycles. The zero-order chi connectivity index (χ0) is 13.1. The molecule has 2 aliphatic heterocycles. The molecule has 0 radical (unpaired) electrons. The van der Waals surface area contributed by atoms with Crippen molar-refractivity contribution < 1.29 is 14.6 Å². The predicted molar refractivity (Wildman–Crippen MR) is 68.3 cm³/mol. The summed E-state index contributed by atoms with van der Waals surface area (Å²) in [6.45, 7) is 6.88. The number of nitrogens with zero attached hydrogens (tertiary/aromatic N) is 2. The Bertz CT molecular complexity index is 288. The summed E-state index contributed by atoms with van der Waals surface area (Å²) in [4.78, 5) is 16.3. The minimum atomic E-state index is 0.116. The molecule has 0 bridgehead atoms. The molecule has 2 fully saturated rings. The molecular formula is C13H24N2O3. The highest BCUT2D eigenvalue weighted by molar-refractivity contribution is 5.78. The smallest absolute Gasteiger partial charge is 0.236 e. The molecule has 1 amide bonds. The molecule has 0 aliphatic carbocycles. The topological polar surface area (TPSA) is 53.0 Å². The first-order valence-electron chi connectivity index (χ1n) is 6.88. The highest BCUT2D eigenvalue weighted by atomic mass is 16.5. The van der Waals surface area contributed by atoms with Gasteiger partial charge in [0.2, 0.25) is 5.91 Å². The lowest BCUT2D eigenvalue weighted by molar-refractivity contribution is -0.144. The van der Waals surface area contributed by atoms with Crippen LogP contribution in [0.2, 0.25) is 0 Å². The number of rotatable bonds is 3. The van der Waals surface area contributed by atoms with Crippen molar-refractivity contribution in [2.24, 2.45) is 0 Å². The van der Waals surface area contributed by atoms with Crippen LogP contribution in [-0.2, 0) is 9.53 Å². The van der Waals surface area contributed by atoms with Gasteiger partial charge >= 0.3 is 0 Å². The maximum atomic E-state index is 12.3. The van der Waals surface area contributed by atoms with E-state index in [9.17, 15) is 9.90 Å². The van der Waals surface area contributed by atoms with E-state index < -0.39 is 0 Å². The molecule has 2 saturated heterocycles. The molecule has 5 nitrogen and oxygen atoms in total. The third kappa shape index (κ3) is 3.22. The quantitative estimate of drug-likeness (QED) is 0.777. The molecule has 2 rings (SSSR count). The summed E-state index contributed by atoms with van der Waals surface area (Å²) in [5, 5.41) is 9.26. The van der Waals surface area contributed by atoms with Crippen molar-refractivity contribution in [3.63, 3.8) is 0 Å². The number of aliphatic hydroxyl groups is 1. The fourth-order valence-corrected chi connectivity index (χ4v) is 2.97. The molecule has 2 heterocycles. The average molecular weight is 256 g/mol. The van der Waals surface area contributed by atoms with Crippen LogP contribution in [0.3, 0.4) is 0 Å². The van der Waals surface area contributed by atoms with Crippen LogP contribution < -0.4 is 0 Å². The van der Waals surface area contributed by atoms with Crippen molar-refractivity contribution in [2.45, 2.75) is 44.9 Å². The summed E-state index contributed by atoms with van der Waals surface area (Å²) in [7, 11) is 0. The van der Waals surface area contributed by atoms with Gasteiger partial charge in [-0.05, 0) is 33.2 Å². The number of amides is 1. The van der Waals surface area contributed by atoms with E-state index in [-0.39, 0.29) is 30.8 Å². The first-order valence-corrected chi connectivity index (χ1v) is 6.88. The van der Waals surface area contributed by atoms with Gasteiger partial charge in [-0.3, -0.25) is 9.69 Å². The number of carbonyl (C=O) groups is 1. The Morgan fingerprint density at radius 3 is 2.61 bits per heavy atom. The van der Waals surface area contributed by atoms with Gasteiger partial charge in [0.15, 0.2) is 0 Å². The summed E-state index contributed by atoms with van der Waals surface area (Å²) < 4.78 is 5.63. The molecule has 0 aromatic rings. The molecule has 5 heteroatoms. The Hall–Kier alpha value is -0.650. The molecule has 0 spiro atoms. The normalized spacial score (nSPS) is 33.9. The van der Waals surface area contributed by atoms with Crippen LogP contribution in [0.25, 0.3) is 0 Å². The minimum absolute atomic E-state index is 0.116. The Morgan fingerprint density at radius 2 is 2.00 bits per heavy atom. The van der Waals surface area contributed by atoms with Gasteiger partial charge < -0.3 is 14.7 Å². The summed E-state index contributed by atoms with van der Waals surface area (Å²) >= 11 is 0. The number of aliphatic hydroxyl groups excluding tert-OH is 1. The lowest BCUT2D eigenvalue weighted by atomic mass is 10.2. The van der Waals surface area contributed by atoms with E-state index in [2.05, 4.69) is 4.90 Å². The molecule has 0 aromatic heterocycles. The van der Waals surface area contributed by atoms with Crippen LogP contribution in [0.1, 0.15) is 26.7 Å². The first kappa shape index (κ1) is 13.8. The van der Waals surface area contributed by atoms with Crippen molar-refractivity contribution in [1.29, 1.82) is 0 Å². The molecule has 104 valence electrons. The third-order valence-electron chi connectivity index (χ3n) is 3.82. The van der Waals surface area contributed by atoms with Gasteiger partial charge in [0.25, 0.3) is 0 Å². The summed E-state index contributed by atoms with van der Waals surface area (Å²) in [5.74, 6) is 0.164. The molecule has 1 N–H and O–H groups in total. The van der Waals surface area contributed by atoms with Gasteiger partial charge in [-0.25, -0.2) is 0 Å². The van der Waals surface area contributed by atoms with Crippen LogP contribution in [-0.4, -0.2) is 71.8 Å². The van der Waals surface area contributed by atoms with Crippen molar-refractivity contribution >= 4 is 5.91 Å². The Labute approximate surface area is 109 Å². The second-order valence-corrected chi connectivity index (χ2v) is 5.51. The lowest BCUT2D eigenvalue weighted by Gasteiger charge is -2.36. The van der Waals surface area contributed by atoms with E-state index in [0.29, 0.717) is 19.6 Å². The number of hydrogen-bond acceptors (Lipinski definition) is 4. The molecule has 2 unspecified atom stereocenters.